The Morgan fingerprint density at radius 2 is 1.50 bits per heavy atom. The smallest absolute Gasteiger partial charge is 0.237 e. The highest BCUT2D eigenvalue weighted by Gasteiger charge is 1.84. The second kappa shape index (κ2) is 7.05. The Kier molecular flexibility index (Phi) is 8.88. The second-order valence-electron chi connectivity index (χ2n) is 1.52. The van der Waals surface area contributed by atoms with Gasteiger partial charge >= 0.3 is 0 Å². The zero-order valence-electron chi connectivity index (χ0n) is 5.34. The van der Waals surface area contributed by atoms with Gasteiger partial charge in [0.1, 0.15) is 0 Å². The lowest BCUT2D eigenvalue weighted by Crippen LogP contribution is -2.04. The van der Waals surface area contributed by atoms with Crippen molar-refractivity contribution in [3.05, 3.63) is 30.3 Å². The van der Waals surface area contributed by atoms with Crippen molar-refractivity contribution in [1.29, 1.82) is 0 Å². The van der Waals surface area contributed by atoms with E-state index in [1.165, 1.54) is 5.46 Å². The van der Waals surface area contributed by atoms with Gasteiger partial charge in [-0.3, -0.25) is 0 Å². The van der Waals surface area contributed by atoms with Crippen LogP contribution in [0.25, 0.3) is 0 Å². The first-order valence-electron chi connectivity index (χ1n) is 2.42. The van der Waals surface area contributed by atoms with Gasteiger partial charge in [0.15, 0.2) is 0 Å². The lowest BCUT2D eigenvalue weighted by atomic mass is 9.97. The lowest BCUT2D eigenvalue weighted by molar-refractivity contribution is 0.823. The van der Waals surface area contributed by atoms with Crippen LogP contribution >= 0.6 is 22.4 Å². The number of hydrogen-bond acceptors (Lipinski definition) is 0. The average molecular weight is 251 g/mol. The number of rotatable bonds is 1. The Hall–Kier alpha value is -0.0651. The van der Waals surface area contributed by atoms with E-state index >= 15 is 0 Å². The van der Waals surface area contributed by atoms with E-state index in [4.69, 9.17) is 0 Å². The van der Waals surface area contributed by atoms with Crippen LogP contribution in [0, 0.1) is 0 Å². The highest BCUT2D eigenvalue weighted by atomic mass is 127. The van der Waals surface area contributed by atoms with Crippen LogP contribution < -0.4 is 5.46 Å². The standard InChI is InChI=1S/C6H5BI.2H2O/c8-7-6-4-2-1-3-5-6;;/h1-5H;2*1H2. The van der Waals surface area contributed by atoms with Gasteiger partial charge < -0.3 is 11.0 Å². The molecule has 4 N–H and O–H groups in total. The summed E-state index contributed by atoms with van der Waals surface area (Å²) >= 11 is 2.23. The Balaban J connectivity index is 0. The number of hydrogen-bond donors (Lipinski definition) is 0. The maximum absolute atomic E-state index is 2.23. The molecule has 0 bridgehead atoms. The summed E-state index contributed by atoms with van der Waals surface area (Å²) in [6.07, 6.45) is 0. The number of halogens is 1. The fourth-order valence-corrected chi connectivity index (χ4v) is 0.941. The van der Waals surface area contributed by atoms with Crippen molar-refractivity contribution in [2.75, 3.05) is 0 Å². The Bertz CT molecular complexity index is 157. The molecule has 1 rings (SSSR count). The Morgan fingerprint density at radius 3 is 1.80 bits per heavy atom. The van der Waals surface area contributed by atoms with Crippen LogP contribution in [0.2, 0.25) is 0 Å². The number of benzene rings is 1. The lowest BCUT2D eigenvalue weighted by Gasteiger charge is -1.87. The molecule has 0 fully saturated rings. The third kappa shape index (κ3) is 3.87. The third-order valence-corrected chi connectivity index (χ3v) is 1.64. The molecule has 0 saturated heterocycles. The quantitative estimate of drug-likeness (QED) is 0.486. The molecule has 1 aromatic carbocycles. The summed E-state index contributed by atoms with van der Waals surface area (Å²) in [6.45, 7) is 0. The minimum Gasteiger partial charge on any atom is -0.412 e. The van der Waals surface area contributed by atoms with Crippen molar-refractivity contribution in [3.8, 4) is 0 Å². The maximum Gasteiger partial charge on any atom is 0.237 e. The first-order valence-corrected chi connectivity index (χ1v) is 3.66. The van der Waals surface area contributed by atoms with Crippen LogP contribution in [0.5, 0.6) is 0 Å². The highest BCUT2D eigenvalue weighted by molar-refractivity contribution is 14.1. The minimum atomic E-state index is 0. The van der Waals surface area contributed by atoms with Crippen LogP contribution in [-0.4, -0.2) is 16.1 Å². The molecular formula is C6H9BIO2. The van der Waals surface area contributed by atoms with Crippen LogP contribution in [-0.2, 0) is 0 Å². The van der Waals surface area contributed by atoms with Crippen LogP contribution in [0.1, 0.15) is 0 Å². The van der Waals surface area contributed by atoms with Crippen molar-refractivity contribution in [2.45, 2.75) is 0 Å². The van der Waals surface area contributed by atoms with Gasteiger partial charge in [-0.1, -0.05) is 35.8 Å². The maximum atomic E-state index is 2.23. The van der Waals surface area contributed by atoms with E-state index in [1.807, 2.05) is 18.2 Å². The summed E-state index contributed by atoms with van der Waals surface area (Å²) in [7, 11) is 0. The van der Waals surface area contributed by atoms with Crippen molar-refractivity contribution in [1.82, 2.24) is 0 Å². The van der Waals surface area contributed by atoms with Crippen LogP contribution in [0.15, 0.2) is 30.3 Å². The van der Waals surface area contributed by atoms with Gasteiger partial charge in [0.2, 0.25) is 5.14 Å². The molecule has 0 spiro atoms. The molecule has 0 aromatic heterocycles. The molecule has 2 nitrogen and oxygen atoms in total. The zero-order valence-corrected chi connectivity index (χ0v) is 7.50. The van der Waals surface area contributed by atoms with E-state index in [9.17, 15) is 0 Å². The predicted molar refractivity (Wildman–Crippen MR) is 53.1 cm³/mol. The summed E-state index contributed by atoms with van der Waals surface area (Å²) in [5, 5.41) is 2.05. The van der Waals surface area contributed by atoms with E-state index in [0.29, 0.717) is 0 Å². The van der Waals surface area contributed by atoms with Gasteiger partial charge in [-0.2, -0.15) is 22.4 Å². The second-order valence-corrected chi connectivity index (χ2v) is 2.14. The third-order valence-electron chi connectivity index (χ3n) is 0.926. The van der Waals surface area contributed by atoms with Crippen molar-refractivity contribution < 1.29 is 11.0 Å². The molecule has 0 aliphatic rings. The Labute approximate surface area is 74.4 Å². The topological polar surface area (TPSA) is 63.0 Å². The molecule has 1 radical (unpaired) electrons. The van der Waals surface area contributed by atoms with E-state index in [1.54, 1.807) is 0 Å². The summed E-state index contributed by atoms with van der Waals surface area (Å²) in [5.74, 6) is 0. The predicted octanol–water partition coefficient (Wildman–Crippen LogP) is -0.283. The fourth-order valence-electron chi connectivity index (χ4n) is 0.526. The van der Waals surface area contributed by atoms with Gasteiger partial charge in [-0.25, -0.2) is 0 Å². The largest absolute Gasteiger partial charge is 0.412 e. The van der Waals surface area contributed by atoms with E-state index < -0.39 is 0 Å². The van der Waals surface area contributed by atoms with Crippen LogP contribution in [0.3, 0.4) is 0 Å². The molecule has 0 aliphatic heterocycles. The van der Waals surface area contributed by atoms with Gasteiger partial charge in [0.05, 0.1) is 0 Å². The van der Waals surface area contributed by atoms with Gasteiger partial charge in [-0.15, -0.1) is 0 Å². The first kappa shape index (κ1) is 12.6. The molecule has 55 valence electrons. The fraction of sp³-hybridized carbons (Fsp3) is 0. The highest BCUT2D eigenvalue weighted by Crippen LogP contribution is 1.83. The summed E-state index contributed by atoms with van der Waals surface area (Å²) < 4.78 is 0. The summed E-state index contributed by atoms with van der Waals surface area (Å²) in [4.78, 5) is 0. The average Bonchev–Trinajstić information content (AvgIpc) is 1.90. The normalized spacial score (nSPS) is 6.90. The van der Waals surface area contributed by atoms with Crippen LogP contribution in [0.4, 0.5) is 0 Å². The molecule has 4 heteroatoms. The summed E-state index contributed by atoms with van der Waals surface area (Å²) in [5.41, 5.74) is 1.27. The molecule has 0 amide bonds. The molecular weight excluding hydrogens is 242 g/mol. The monoisotopic (exact) mass is 251 g/mol. The molecule has 0 atom stereocenters. The van der Waals surface area contributed by atoms with Gasteiger partial charge in [0.25, 0.3) is 0 Å². The molecule has 0 heterocycles. The molecule has 1 aromatic rings. The Morgan fingerprint density at radius 1 is 1.00 bits per heavy atom. The van der Waals surface area contributed by atoms with E-state index in [0.717, 1.165) is 0 Å². The van der Waals surface area contributed by atoms with Crippen molar-refractivity contribution in [3.63, 3.8) is 0 Å². The van der Waals surface area contributed by atoms with Crippen molar-refractivity contribution >= 4 is 33.0 Å². The van der Waals surface area contributed by atoms with Crippen molar-refractivity contribution in [2.24, 2.45) is 0 Å². The molecule has 10 heavy (non-hydrogen) atoms. The zero-order chi connectivity index (χ0) is 5.82. The SMILES string of the molecule is I[B]c1ccccc1.O.O. The molecule has 0 saturated carbocycles. The molecule has 0 unspecified atom stereocenters. The molecule has 0 aliphatic carbocycles. The van der Waals surface area contributed by atoms with E-state index in [2.05, 4.69) is 39.6 Å². The van der Waals surface area contributed by atoms with Gasteiger partial charge in [-0.05, 0) is 0 Å². The minimum absolute atomic E-state index is 0. The van der Waals surface area contributed by atoms with Gasteiger partial charge in [0, 0.05) is 0 Å². The summed E-state index contributed by atoms with van der Waals surface area (Å²) in [6, 6.07) is 10.2. The van der Waals surface area contributed by atoms with E-state index in [-0.39, 0.29) is 11.0 Å². The first-order chi connectivity index (χ1) is 3.93.